The molecule has 3 heterocycles. The second kappa shape index (κ2) is 9.64. The molecule has 2 aromatic heterocycles. The normalized spacial score (nSPS) is 11.5. The molecule has 0 fully saturated rings. The first-order chi connectivity index (χ1) is 18.5. The van der Waals surface area contributed by atoms with Crippen LogP contribution in [0.3, 0.4) is 0 Å². The molecule has 2 aromatic carbocycles. The molecule has 0 spiro atoms. The van der Waals surface area contributed by atoms with Gasteiger partial charge in [0.1, 0.15) is 12.1 Å². The molecule has 0 radical (unpaired) electrons. The smallest absolute Gasteiger partial charge is 0.359 e. The van der Waals surface area contributed by atoms with Crippen molar-refractivity contribution in [3.05, 3.63) is 83.4 Å². The summed E-state index contributed by atoms with van der Waals surface area (Å²) >= 11 is 0. The van der Waals surface area contributed by atoms with Crippen LogP contribution in [-0.4, -0.2) is 46.1 Å². The van der Waals surface area contributed by atoms with E-state index < -0.39 is 11.9 Å². The van der Waals surface area contributed by atoms with Crippen molar-refractivity contribution >= 4 is 46.6 Å². The molecule has 0 saturated heterocycles. The Morgan fingerprint density at radius 3 is 1.29 bits per heavy atom. The molecule has 38 heavy (non-hydrogen) atoms. The third kappa shape index (κ3) is 3.79. The Balaban J connectivity index is 1.94. The monoisotopic (exact) mass is 504 g/mol. The lowest BCUT2D eigenvalue weighted by atomic mass is 10.2. The predicted octanol–water partition coefficient (Wildman–Crippen LogP) is 3.84. The largest absolute Gasteiger partial charge is 0.464 e. The molecule has 0 unspecified atom stereocenters. The van der Waals surface area contributed by atoms with Crippen molar-refractivity contribution in [2.24, 2.45) is 0 Å². The molecule has 1 aliphatic heterocycles. The molecule has 0 bridgehead atoms. The van der Waals surface area contributed by atoms with Crippen LogP contribution in [0.25, 0.3) is 0 Å². The molecule has 12 nitrogen and oxygen atoms in total. The van der Waals surface area contributed by atoms with Crippen LogP contribution in [0.2, 0.25) is 0 Å². The van der Waals surface area contributed by atoms with Gasteiger partial charge in [-0.05, 0) is 24.3 Å². The van der Waals surface area contributed by atoms with E-state index in [0.29, 0.717) is 11.4 Å². The first kappa shape index (κ1) is 23.8. The topological polar surface area (TPSA) is 158 Å². The highest BCUT2D eigenvalue weighted by atomic mass is 16.5. The van der Waals surface area contributed by atoms with Crippen molar-refractivity contribution < 1.29 is 19.1 Å². The minimum absolute atomic E-state index is 0.100. The standard InChI is InChI=1S/C26H16N8O4/c1-37-25(35)19-20(26(36)38-2)32-24-23(31-19)33(15-9-5-3-6-10-15)21-22(30-18(14-28)17(13-27)29-21)34(24)16-11-7-4-8-12-16/h3-12H,1-2H3. The van der Waals surface area contributed by atoms with Crippen molar-refractivity contribution in [3.8, 4) is 12.1 Å². The van der Waals surface area contributed by atoms with Crippen LogP contribution in [0, 0.1) is 22.7 Å². The number of fused-ring (bicyclic) bond motifs is 2. The van der Waals surface area contributed by atoms with Crippen LogP contribution in [0.5, 0.6) is 0 Å². The number of anilines is 6. The summed E-state index contributed by atoms with van der Waals surface area (Å²) in [6, 6.07) is 21.6. The van der Waals surface area contributed by atoms with Crippen LogP contribution in [0.15, 0.2) is 60.7 Å². The van der Waals surface area contributed by atoms with Gasteiger partial charge in [-0.1, -0.05) is 36.4 Å². The van der Waals surface area contributed by atoms with Crippen molar-refractivity contribution in [2.45, 2.75) is 0 Å². The molecule has 4 aromatic rings. The van der Waals surface area contributed by atoms with Gasteiger partial charge in [0.25, 0.3) is 0 Å². The summed E-state index contributed by atoms with van der Waals surface area (Å²) in [5.41, 5.74) is -0.0646. The number of para-hydroxylation sites is 2. The quantitative estimate of drug-likeness (QED) is 0.326. The van der Waals surface area contributed by atoms with Gasteiger partial charge in [-0.3, -0.25) is 9.80 Å². The van der Waals surface area contributed by atoms with Crippen molar-refractivity contribution in [1.82, 2.24) is 19.9 Å². The highest BCUT2D eigenvalue weighted by Crippen LogP contribution is 2.51. The molecule has 0 atom stereocenters. The van der Waals surface area contributed by atoms with Gasteiger partial charge >= 0.3 is 11.9 Å². The zero-order valence-corrected chi connectivity index (χ0v) is 20.0. The summed E-state index contributed by atoms with van der Waals surface area (Å²) in [5.74, 6) is -1.31. The molecular weight excluding hydrogens is 488 g/mol. The Labute approximate surface area is 216 Å². The van der Waals surface area contributed by atoms with Gasteiger partial charge in [-0.15, -0.1) is 0 Å². The number of hydrogen-bond donors (Lipinski definition) is 0. The lowest BCUT2D eigenvalue weighted by Gasteiger charge is -2.36. The maximum absolute atomic E-state index is 12.7. The summed E-state index contributed by atoms with van der Waals surface area (Å²) in [5, 5.41) is 19.4. The predicted molar refractivity (Wildman–Crippen MR) is 133 cm³/mol. The highest BCUT2D eigenvalue weighted by molar-refractivity contribution is 6.04. The Bertz CT molecular complexity index is 1540. The second-order valence-electron chi connectivity index (χ2n) is 7.68. The number of rotatable bonds is 4. The number of nitrogens with zero attached hydrogens (tertiary/aromatic N) is 8. The maximum Gasteiger partial charge on any atom is 0.359 e. The summed E-state index contributed by atoms with van der Waals surface area (Å²) in [4.78, 5) is 46.4. The second-order valence-corrected chi connectivity index (χ2v) is 7.68. The average Bonchev–Trinajstić information content (AvgIpc) is 2.98. The molecule has 0 aliphatic carbocycles. The number of carbonyl (C=O) groups is 2. The average molecular weight is 504 g/mol. The Morgan fingerprint density at radius 1 is 0.632 bits per heavy atom. The number of aromatic nitrogens is 4. The van der Waals surface area contributed by atoms with E-state index in [0.717, 1.165) is 14.2 Å². The minimum Gasteiger partial charge on any atom is -0.464 e. The van der Waals surface area contributed by atoms with E-state index >= 15 is 0 Å². The summed E-state index contributed by atoms with van der Waals surface area (Å²) in [7, 11) is 2.30. The number of hydrogen-bond acceptors (Lipinski definition) is 12. The molecule has 1 aliphatic rings. The molecule has 5 rings (SSSR count). The highest BCUT2D eigenvalue weighted by Gasteiger charge is 2.39. The number of methoxy groups -OCH3 is 2. The number of carbonyl (C=O) groups excluding carboxylic acids is 2. The third-order valence-corrected chi connectivity index (χ3v) is 5.56. The number of esters is 2. The fourth-order valence-electron chi connectivity index (χ4n) is 3.91. The number of benzene rings is 2. The first-order valence-electron chi connectivity index (χ1n) is 11.0. The lowest BCUT2D eigenvalue weighted by molar-refractivity contribution is 0.0544. The maximum atomic E-state index is 12.7. The molecule has 12 heteroatoms. The van der Waals surface area contributed by atoms with E-state index in [2.05, 4.69) is 19.9 Å². The third-order valence-electron chi connectivity index (χ3n) is 5.56. The summed E-state index contributed by atoms with van der Waals surface area (Å²) in [6.45, 7) is 0. The zero-order chi connectivity index (χ0) is 26.8. The van der Waals surface area contributed by atoms with Gasteiger partial charge in [-0.2, -0.15) is 10.5 Å². The van der Waals surface area contributed by atoms with E-state index in [1.54, 1.807) is 58.3 Å². The van der Waals surface area contributed by atoms with Crippen LogP contribution in [0.1, 0.15) is 32.4 Å². The molecule has 184 valence electrons. The Kier molecular flexibility index (Phi) is 6.05. The molecular formula is C26H16N8O4. The van der Waals surface area contributed by atoms with Crippen LogP contribution in [0.4, 0.5) is 34.6 Å². The minimum atomic E-state index is -0.908. The molecule has 0 saturated carbocycles. The Morgan fingerprint density at radius 2 is 0.974 bits per heavy atom. The van der Waals surface area contributed by atoms with Crippen LogP contribution < -0.4 is 9.80 Å². The number of ether oxygens (including phenoxy) is 2. The SMILES string of the molecule is COC(=O)c1nc2c(nc1C(=O)OC)N(c1ccccc1)c1nc(C#N)c(C#N)nc1N2c1ccccc1. The van der Waals surface area contributed by atoms with E-state index in [1.807, 2.05) is 24.3 Å². The van der Waals surface area contributed by atoms with Crippen LogP contribution in [-0.2, 0) is 9.47 Å². The van der Waals surface area contributed by atoms with Gasteiger partial charge in [0, 0.05) is 11.4 Å². The number of nitriles is 2. The van der Waals surface area contributed by atoms with E-state index in [4.69, 9.17) is 9.47 Å². The summed E-state index contributed by atoms with van der Waals surface area (Å²) < 4.78 is 9.73. The van der Waals surface area contributed by atoms with Crippen molar-refractivity contribution in [3.63, 3.8) is 0 Å². The molecule has 0 N–H and O–H groups in total. The fourth-order valence-corrected chi connectivity index (χ4v) is 3.91. The first-order valence-corrected chi connectivity index (χ1v) is 11.0. The van der Waals surface area contributed by atoms with Crippen molar-refractivity contribution in [1.29, 1.82) is 10.5 Å². The van der Waals surface area contributed by atoms with Gasteiger partial charge in [-0.25, -0.2) is 29.5 Å². The van der Waals surface area contributed by atoms with Crippen LogP contribution >= 0.6 is 0 Å². The van der Waals surface area contributed by atoms with Gasteiger partial charge in [0.05, 0.1) is 14.2 Å². The fraction of sp³-hybridized carbons (Fsp3) is 0.0769. The van der Waals surface area contributed by atoms with E-state index in [9.17, 15) is 20.1 Å². The van der Waals surface area contributed by atoms with Crippen molar-refractivity contribution in [2.75, 3.05) is 24.0 Å². The Hall–Kier alpha value is -5.88. The van der Waals surface area contributed by atoms with E-state index in [1.165, 1.54) is 0 Å². The van der Waals surface area contributed by atoms with Gasteiger partial charge < -0.3 is 9.47 Å². The van der Waals surface area contributed by atoms with Gasteiger partial charge in [0.2, 0.25) is 0 Å². The zero-order valence-electron chi connectivity index (χ0n) is 20.0. The lowest BCUT2D eigenvalue weighted by Crippen LogP contribution is -2.31. The van der Waals surface area contributed by atoms with Gasteiger partial charge in [0.15, 0.2) is 46.0 Å². The summed E-state index contributed by atoms with van der Waals surface area (Å²) in [6.07, 6.45) is 0. The van der Waals surface area contributed by atoms with E-state index in [-0.39, 0.29) is 46.0 Å². The molecule has 0 amide bonds.